The third kappa shape index (κ3) is 2.42. The summed E-state index contributed by atoms with van der Waals surface area (Å²) in [6, 6.07) is 3.06. The van der Waals surface area contributed by atoms with Crippen LogP contribution in [-0.4, -0.2) is 4.98 Å². The van der Waals surface area contributed by atoms with E-state index in [1.807, 2.05) is 0 Å². The lowest BCUT2D eigenvalue weighted by Gasteiger charge is -2.06. The SMILES string of the molecule is N#Cc1cc(C(F)(F)F)cc(Br)n1. The number of aromatic nitrogens is 1. The van der Waals surface area contributed by atoms with E-state index < -0.39 is 11.7 Å². The molecule has 0 amide bonds. The lowest BCUT2D eigenvalue weighted by Crippen LogP contribution is -2.06. The van der Waals surface area contributed by atoms with Gasteiger partial charge in [0.1, 0.15) is 16.4 Å². The molecule has 6 heteroatoms. The molecule has 2 nitrogen and oxygen atoms in total. The van der Waals surface area contributed by atoms with E-state index in [0.29, 0.717) is 6.07 Å². The zero-order chi connectivity index (χ0) is 10.1. The minimum Gasteiger partial charge on any atom is -0.230 e. The summed E-state index contributed by atoms with van der Waals surface area (Å²) in [5.41, 5.74) is -1.15. The predicted molar refractivity (Wildman–Crippen MR) is 41.7 cm³/mol. The van der Waals surface area contributed by atoms with Gasteiger partial charge < -0.3 is 0 Å². The van der Waals surface area contributed by atoms with Crippen LogP contribution in [0.4, 0.5) is 13.2 Å². The molecule has 0 unspecified atom stereocenters. The highest BCUT2D eigenvalue weighted by Crippen LogP contribution is 2.30. The first kappa shape index (κ1) is 9.99. The lowest BCUT2D eigenvalue weighted by molar-refractivity contribution is -0.137. The maximum atomic E-state index is 12.1. The molecule has 0 atom stereocenters. The lowest BCUT2D eigenvalue weighted by atomic mass is 10.2. The maximum absolute atomic E-state index is 12.1. The van der Waals surface area contributed by atoms with Crippen LogP contribution in [0.5, 0.6) is 0 Å². The molecule has 0 fully saturated rings. The minimum absolute atomic E-state index is 0.00104. The third-order valence-electron chi connectivity index (χ3n) is 1.24. The van der Waals surface area contributed by atoms with Gasteiger partial charge in [0.2, 0.25) is 0 Å². The van der Waals surface area contributed by atoms with Crippen molar-refractivity contribution >= 4 is 15.9 Å². The summed E-state index contributed by atoms with van der Waals surface area (Å²) >= 11 is 2.78. The maximum Gasteiger partial charge on any atom is 0.416 e. The van der Waals surface area contributed by atoms with Crippen molar-refractivity contribution in [2.24, 2.45) is 0 Å². The van der Waals surface area contributed by atoms with Gasteiger partial charge in [0, 0.05) is 0 Å². The largest absolute Gasteiger partial charge is 0.416 e. The fourth-order valence-electron chi connectivity index (χ4n) is 0.718. The molecule has 68 valence electrons. The molecule has 13 heavy (non-hydrogen) atoms. The first-order valence-corrected chi connectivity index (χ1v) is 3.87. The molecule has 1 aromatic rings. The molecule has 0 aliphatic carbocycles. The van der Waals surface area contributed by atoms with E-state index in [9.17, 15) is 13.2 Å². The molecule has 0 radical (unpaired) electrons. The topological polar surface area (TPSA) is 36.7 Å². The van der Waals surface area contributed by atoms with E-state index in [1.165, 1.54) is 6.07 Å². The van der Waals surface area contributed by atoms with Crippen molar-refractivity contribution in [2.75, 3.05) is 0 Å². The Morgan fingerprint density at radius 1 is 1.38 bits per heavy atom. The first-order valence-electron chi connectivity index (χ1n) is 3.08. The van der Waals surface area contributed by atoms with Gasteiger partial charge in [0.05, 0.1) is 5.56 Å². The average Bonchev–Trinajstić information content (AvgIpc) is 2.01. The Balaban J connectivity index is 3.26. The van der Waals surface area contributed by atoms with E-state index in [0.717, 1.165) is 6.07 Å². The molecule has 0 saturated carbocycles. The third-order valence-corrected chi connectivity index (χ3v) is 1.64. The fourth-order valence-corrected chi connectivity index (χ4v) is 1.16. The zero-order valence-electron chi connectivity index (χ0n) is 6.06. The van der Waals surface area contributed by atoms with Gasteiger partial charge in [-0.2, -0.15) is 18.4 Å². The van der Waals surface area contributed by atoms with E-state index in [-0.39, 0.29) is 10.3 Å². The number of hydrogen-bond donors (Lipinski definition) is 0. The molecule has 0 aliphatic rings. The monoisotopic (exact) mass is 250 g/mol. The second-order valence-electron chi connectivity index (χ2n) is 2.17. The van der Waals surface area contributed by atoms with Crippen molar-refractivity contribution in [3.05, 3.63) is 28.0 Å². The van der Waals surface area contributed by atoms with Crippen LogP contribution >= 0.6 is 15.9 Å². The van der Waals surface area contributed by atoms with Gasteiger partial charge in [-0.25, -0.2) is 4.98 Å². The van der Waals surface area contributed by atoms with Gasteiger partial charge >= 0.3 is 6.18 Å². The zero-order valence-corrected chi connectivity index (χ0v) is 7.65. The van der Waals surface area contributed by atoms with Crippen molar-refractivity contribution in [1.29, 1.82) is 5.26 Å². The van der Waals surface area contributed by atoms with E-state index in [2.05, 4.69) is 20.9 Å². The number of nitrogens with zero attached hydrogens (tertiary/aromatic N) is 2. The van der Waals surface area contributed by atoms with Crippen LogP contribution in [0.25, 0.3) is 0 Å². The second kappa shape index (κ2) is 3.34. The number of hydrogen-bond acceptors (Lipinski definition) is 2. The predicted octanol–water partition coefficient (Wildman–Crippen LogP) is 2.73. The van der Waals surface area contributed by atoms with E-state index >= 15 is 0 Å². The Morgan fingerprint density at radius 2 is 2.00 bits per heavy atom. The Kier molecular flexibility index (Phi) is 2.57. The molecule has 0 saturated heterocycles. The summed E-state index contributed by atoms with van der Waals surface area (Å²) in [5, 5.41) is 8.35. The summed E-state index contributed by atoms with van der Waals surface area (Å²) in [7, 11) is 0. The van der Waals surface area contributed by atoms with Crippen molar-refractivity contribution < 1.29 is 13.2 Å². The highest BCUT2D eigenvalue weighted by molar-refractivity contribution is 9.10. The molecule has 1 rings (SSSR count). The Labute approximate surface area is 80.1 Å². The van der Waals surface area contributed by atoms with Crippen LogP contribution in [-0.2, 0) is 6.18 Å². The van der Waals surface area contributed by atoms with Gasteiger partial charge in [0.15, 0.2) is 0 Å². The van der Waals surface area contributed by atoms with Gasteiger partial charge in [0.25, 0.3) is 0 Å². The second-order valence-corrected chi connectivity index (χ2v) is 2.99. The van der Waals surface area contributed by atoms with Crippen LogP contribution < -0.4 is 0 Å². The molecular formula is C7H2BrF3N2. The van der Waals surface area contributed by atoms with Crippen LogP contribution in [0, 0.1) is 11.3 Å². The summed E-state index contributed by atoms with van der Waals surface area (Å²) in [5.74, 6) is 0. The molecule has 0 bridgehead atoms. The Hall–Kier alpha value is -1.09. The quantitative estimate of drug-likeness (QED) is 0.664. The molecule has 0 aromatic carbocycles. The van der Waals surface area contributed by atoms with Crippen molar-refractivity contribution in [3.63, 3.8) is 0 Å². The highest BCUT2D eigenvalue weighted by Gasteiger charge is 2.31. The minimum atomic E-state index is -4.45. The summed E-state index contributed by atoms with van der Waals surface area (Å²) in [6.45, 7) is 0. The van der Waals surface area contributed by atoms with Crippen LogP contribution in [0.3, 0.4) is 0 Å². The van der Waals surface area contributed by atoms with E-state index in [4.69, 9.17) is 5.26 Å². The number of rotatable bonds is 0. The van der Waals surface area contributed by atoms with Crippen molar-refractivity contribution in [1.82, 2.24) is 4.98 Å². The number of alkyl halides is 3. The van der Waals surface area contributed by atoms with Gasteiger partial charge in [-0.3, -0.25) is 0 Å². The smallest absolute Gasteiger partial charge is 0.230 e. The molecule has 1 heterocycles. The van der Waals surface area contributed by atoms with Gasteiger partial charge in [-0.1, -0.05) is 0 Å². The standard InChI is InChI=1S/C7H2BrF3N2/c8-6-2-4(7(9,10)11)1-5(3-12)13-6/h1-2H. The number of pyridine rings is 1. The first-order chi connectivity index (χ1) is 5.93. The van der Waals surface area contributed by atoms with Gasteiger partial charge in [-0.05, 0) is 28.1 Å². The van der Waals surface area contributed by atoms with E-state index in [1.54, 1.807) is 0 Å². The van der Waals surface area contributed by atoms with Crippen LogP contribution in [0.15, 0.2) is 16.7 Å². The molecule has 1 aromatic heterocycles. The summed E-state index contributed by atoms with van der Waals surface area (Å²) in [4.78, 5) is 3.52. The molecule has 0 N–H and O–H groups in total. The molecule has 0 spiro atoms. The molecule has 0 aliphatic heterocycles. The van der Waals surface area contributed by atoms with Crippen LogP contribution in [0.1, 0.15) is 11.3 Å². The Bertz CT molecular complexity index is 367. The van der Waals surface area contributed by atoms with Gasteiger partial charge in [-0.15, -0.1) is 0 Å². The molecular weight excluding hydrogens is 249 g/mol. The number of halogens is 4. The fraction of sp³-hybridized carbons (Fsp3) is 0.143. The van der Waals surface area contributed by atoms with Crippen molar-refractivity contribution in [2.45, 2.75) is 6.18 Å². The normalized spacial score (nSPS) is 11.0. The van der Waals surface area contributed by atoms with Crippen molar-refractivity contribution in [3.8, 4) is 6.07 Å². The summed E-state index contributed by atoms with van der Waals surface area (Å²) in [6.07, 6.45) is -4.45. The highest BCUT2D eigenvalue weighted by atomic mass is 79.9. The number of nitriles is 1. The average molecular weight is 251 g/mol. The van der Waals surface area contributed by atoms with Crippen LogP contribution in [0.2, 0.25) is 0 Å². The Morgan fingerprint density at radius 3 is 2.46 bits per heavy atom. The summed E-state index contributed by atoms with van der Waals surface area (Å²) < 4.78 is 36.4.